The molecule has 0 aliphatic rings. The molecule has 0 saturated carbocycles. The number of carbonyl (C=O) groups excluding carboxylic acids is 1. The number of allylic oxidation sites excluding steroid dienone is 1. The second-order valence-corrected chi connectivity index (χ2v) is 4.09. The predicted molar refractivity (Wildman–Crippen MR) is 74.2 cm³/mol. The number of hydrogen-bond donors (Lipinski definition) is 1. The number of carbonyl (C=O) groups is 1. The highest BCUT2D eigenvalue weighted by Gasteiger charge is 2.01. The molecule has 4 heteroatoms. The van der Waals surface area contributed by atoms with Crippen LogP contribution in [0.5, 0.6) is 5.75 Å². The zero-order valence-corrected chi connectivity index (χ0v) is 11.2. The minimum atomic E-state index is 0.0463. The molecule has 0 aromatic heterocycles. The second-order valence-electron chi connectivity index (χ2n) is 3.78. The molecule has 0 saturated heterocycles. The minimum absolute atomic E-state index is 0.0463. The Hall–Kier alpha value is -1.48. The Kier molecular flexibility index (Phi) is 6.96. The van der Waals surface area contributed by atoms with Crippen LogP contribution in [-0.4, -0.2) is 25.4 Å². The molecule has 0 unspecified atom stereocenters. The summed E-state index contributed by atoms with van der Waals surface area (Å²) in [7, 11) is 1.64. The third-order valence-corrected chi connectivity index (χ3v) is 2.65. The van der Waals surface area contributed by atoms with E-state index in [9.17, 15) is 4.79 Å². The molecule has 18 heavy (non-hydrogen) atoms. The standard InChI is InChI=1S/C14H18ClNO2/c1-18-13-7-4-12(5-8-13)6-9-14(17)16-11-3-2-10-15/h2-5,7-8H,6,9-11H2,1H3,(H,16,17)/b3-2+. The number of nitrogens with one attached hydrogen (secondary N) is 1. The van der Waals surface area contributed by atoms with E-state index in [4.69, 9.17) is 16.3 Å². The molecule has 0 atom stereocenters. The summed E-state index contributed by atoms with van der Waals surface area (Å²) in [6.45, 7) is 0.536. The summed E-state index contributed by atoms with van der Waals surface area (Å²) in [5.41, 5.74) is 1.13. The largest absolute Gasteiger partial charge is 0.497 e. The maximum absolute atomic E-state index is 11.5. The van der Waals surface area contributed by atoms with E-state index in [1.807, 2.05) is 36.4 Å². The number of ether oxygens (including phenoxy) is 1. The van der Waals surface area contributed by atoms with Gasteiger partial charge in [0, 0.05) is 18.8 Å². The van der Waals surface area contributed by atoms with Gasteiger partial charge in [-0.05, 0) is 24.1 Å². The van der Waals surface area contributed by atoms with E-state index in [1.54, 1.807) is 7.11 Å². The van der Waals surface area contributed by atoms with E-state index in [0.29, 0.717) is 18.8 Å². The van der Waals surface area contributed by atoms with Gasteiger partial charge in [0.25, 0.3) is 0 Å². The van der Waals surface area contributed by atoms with Crippen LogP contribution in [0.3, 0.4) is 0 Å². The highest BCUT2D eigenvalue weighted by atomic mass is 35.5. The molecular formula is C14H18ClNO2. The Bertz CT molecular complexity index is 387. The van der Waals surface area contributed by atoms with E-state index in [-0.39, 0.29) is 5.91 Å². The van der Waals surface area contributed by atoms with E-state index in [1.165, 1.54) is 0 Å². The number of rotatable bonds is 7. The molecule has 0 aliphatic carbocycles. The van der Waals surface area contributed by atoms with Gasteiger partial charge in [0.1, 0.15) is 5.75 Å². The predicted octanol–water partition coefficient (Wildman–Crippen LogP) is 2.54. The summed E-state index contributed by atoms with van der Waals surface area (Å²) < 4.78 is 5.07. The molecule has 0 heterocycles. The third kappa shape index (κ3) is 5.73. The van der Waals surface area contributed by atoms with E-state index >= 15 is 0 Å². The van der Waals surface area contributed by atoms with Crippen molar-refractivity contribution < 1.29 is 9.53 Å². The van der Waals surface area contributed by atoms with Crippen molar-refractivity contribution in [3.05, 3.63) is 42.0 Å². The van der Waals surface area contributed by atoms with Gasteiger partial charge in [0.2, 0.25) is 5.91 Å². The molecular weight excluding hydrogens is 250 g/mol. The normalized spacial score (nSPS) is 10.6. The molecule has 1 amide bonds. The zero-order chi connectivity index (χ0) is 13.2. The summed E-state index contributed by atoms with van der Waals surface area (Å²) in [4.78, 5) is 11.5. The number of hydrogen-bond acceptors (Lipinski definition) is 2. The average molecular weight is 268 g/mol. The number of benzene rings is 1. The second kappa shape index (κ2) is 8.59. The van der Waals surface area contributed by atoms with Crippen molar-refractivity contribution in [3.63, 3.8) is 0 Å². The lowest BCUT2D eigenvalue weighted by Crippen LogP contribution is -2.23. The topological polar surface area (TPSA) is 38.3 Å². The Morgan fingerprint density at radius 2 is 2.06 bits per heavy atom. The van der Waals surface area contributed by atoms with Gasteiger partial charge < -0.3 is 10.1 Å². The fourth-order valence-electron chi connectivity index (χ4n) is 1.46. The van der Waals surface area contributed by atoms with Gasteiger partial charge in [-0.25, -0.2) is 0 Å². The fourth-order valence-corrected chi connectivity index (χ4v) is 1.58. The summed E-state index contributed by atoms with van der Waals surface area (Å²) in [6, 6.07) is 7.74. The molecule has 1 rings (SSSR count). The van der Waals surface area contributed by atoms with Gasteiger partial charge in [0.15, 0.2) is 0 Å². The molecule has 0 radical (unpaired) electrons. The lowest BCUT2D eigenvalue weighted by molar-refractivity contribution is -0.120. The lowest BCUT2D eigenvalue weighted by atomic mass is 10.1. The Morgan fingerprint density at radius 3 is 2.67 bits per heavy atom. The molecule has 0 bridgehead atoms. The van der Waals surface area contributed by atoms with Crippen molar-refractivity contribution >= 4 is 17.5 Å². The van der Waals surface area contributed by atoms with Crippen LogP contribution in [0.4, 0.5) is 0 Å². The lowest BCUT2D eigenvalue weighted by Gasteiger charge is -2.04. The quantitative estimate of drug-likeness (QED) is 0.609. The minimum Gasteiger partial charge on any atom is -0.497 e. The highest BCUT2D eigenvalue weighted by Crippen LogP contribution is 2.12. The van der Waals surface area contributed by atoms with Crippen molar-refractivity contribution in [3.8, 4) is 5.75 Å². The van der Waals surface area contributed by atoms with Crippen molar-refractivity contribution in [2.75, 3.05) is 19.5 Å². The first-order valence-electron chi connectivity index (χ1n) is 5.87. The Morgan fingerprint density at radius 1 is 1.33 bits per heavy atom. The SMILES string of the molecule is COc1ccc(CCC(=O)NC/C=C/CCl)cc1. The summed E-state index contributed by atoms with van der Waals surface area (Å²) in [6.07, 6.45) is 4.87. The van der Waals surface area contributed by atoms with E-state index in [2.05, 4.69) is 5.32 Å². The van der Waals surface area contributed by atoms with Gasteiger partial charge >= 0.3 is 0 Å². The monoisotopic (exact) mass is 267 g/mol. The molecule has 0 fully saturated rings. The molecule has 3 nitrogen and oxygen atoms in total. The maximum atomic E-state index is 11.5. The molecule has 0 spiro atoms. The number of alkyl halides is 1. The maximum Gasteiger partial charge on any atom is 0.220 e. The summed E-state index contributed by atoms with van der Waals surface area (Å²) >= 11 is 5.47. The van der Waals surface area contributed by atoms with Crippen molar-refractivity contribution in [1.29, 1.82) is 0 Å². The van der Waals surface area contributed by atoms with E-state index < -0.39 is 0 Å². The first-order valence-corrected chi connectivity index (χ1v) is 6.40. The zero-order valence-electron chi connectivity index (χ0n) is 10.5. The molecule has 0 aliphatic heterocycles. The van der Waals surface area contributed by atoms with E-state index in [0.717, 1.165) is 17.7 Å². The third-order valence-electron chi connectivity index (χ3n) is 2.47. The van der Waals surface area contributed by atoms with Crippen LogP contribution in [0, 0.1) is 0 Å². The number of amides is 1. The number of aryl methyl sites for hydroxylation is 1. The van der Waals surface area contributed by atoms with Crippen LogP contribution >= 0.6 is 11.6 Å². The number of methoxy groups -OCH3 is 1. The van der Waals surface area contributed by atoms with Crippen molar-refractivity contribution in [2.24, 2.45) is 0 Å². The van der Waals surface area contributed by atoms with Crippen LogP contribution in [0.15, 0.2) is 36.4 Å². The Balaban J connectivity index is 2.26. The van der Waals surface area contributed by atoms with Crippen molar-refractivity contribution in [2.45, 2.75) is 12.8 Å². The first kappa shape index (κ1) is 14.6. The van der Waals surface area contributed by atoms with Crippen LogP contribution in [0.1, 0.15) is 12.0 Å². The molecule has 1 aromatic rings. The Labute approximate surface area is 113 Å². The smallest absolute Gasteiger partial charge is 0.220 e. The number of halogens is 1. The summed E-state index contributed by atoms with van der Waals surface area (Å²) in [5.74, 6) is 1.35. The molecule has 1 N–H and O–H groups in total. The molecule has 1 aromatic carbocycles. The van der Waals surface area contributed by atoms with Crippen LogP contribution in [0.25, 0.3) is 0 Å². The van der Waals surface area contributed by atoms with Crippen molar-refractivity contribution in [1.82, 2.24) is 5.32 Å². The first-order chi connectivity index (χ1) is 8.76. The highest BCUT2D eigenvalue weighted by molar-refractivity contribution is 6.18. The van der Waals surface area contributed by atoms with Crippen LogP contribution in [0.2, 0.25) is 0 Å². The summed E-state index contributed by atoms with van der Waals surface area (Å²) in [5, 5.41) is 2.80. The fraction of sp³-hybridized carbons (Fsp3) is 0.357. The average Bonchev–Trinajstić information content (AvgIpc) is 2.42. The van der Waals surface area contributed by atoms with Gasteiger partial charge in [0.05, 0.1) is 7.11 Å². The van der Waals surface area contributed by atoms with Gasteiger partial charge in [-0.2, -0.15) is 0 Å². The molecule has 98 valence electrons. The van der Waals surface area contributed by atoms with Gasteiger partial charge in [-0.3, -0.25) is 4.79 Å². The van der Waals surface area contributed by atoms with Crippen LogP contribution < -0.4 is 10.1 Å². The van der Waals surface area contributed by atoms with Gasteiger partial charge in [-0.15, -0.1) is 11.6 Å². The van der Waals surface area contributed by atoms with Gasteiger partial charge in [-0.1, -0.05) is 24.3 Å². The van der Waals surface area contributed by atoms with Crippen LogP contribution in [-0.2, 0) is 11.2 Å².